The fourth-order valence-corrected chi connectivity index (χ4v) is 3.56. The molecule has 0 aliphatic carbocycles. The molecule has 1 aromatic carbocycles. The molecule has 1 aromatic heterocycles. The van der Waals surface area contributed by atoms with E-state index in [0.29, 0.717) is 18.2 Å². The SMILES string of the molecule is CCNc1cc(C)nc(NCCNS(=O)(=O)c2ccc(OC)c(Cl)c2)n1. The van der Waals surface area contributed by atoms with Gasteiger partial charge in [0.1, 0.15) is 11.6 Å². The Kier molecular flexibility index (Phi) is 7.01. The highest BCUT2D eigenvalue weighted by Gasteiger charge is 2.15. The number of nitrogens with zero attached hydrogens (tertiary/aromatic N) is 2. The van der Waals surface area contributed by atoms with E-state index < -0.39 is 10.0 Å². The zero-order chi connectivity index (χ0) is 19.2. The Hall–Kier alpha value is -2.10. The minimum absolute atomic E-state index is 0.0736. The molecule has 10 heteroatoms. The van der Waals surface area contributed by atoms with E-state index in [-0.39, 0.29) is 16.5 Å². The lowest BCUT2D eigenvalue weighted by Crippen LogP contribution is -2.29. The van der Waals surface area contributed by atoms with E-state index in [1.54, 1.807) is 0 Å². The van der Waals surface area contributed by atoms with Crippen molar-refractivity contribution >= 4 is 33.4 Å². The van der Waals surface area contributed by atoms with Crippen molar-refractivity contribution in [2.75, 3.05) is 37.4 Å². The molecule has 142 valence electrons. The van der Waals surface area contributed by atoms with Gasteiger partial charge in [-0.15, -0.1) is 0 Å². The van der Waals surface area contributed by atoms with Crippen molar-refractivity contribution in [3.63, 3.8) is 0 Å². The number of anilines is 2. The molecule has 2 aromatic rings. The third kappa shape index (κ3) is 5.45. The summed E-state index contributed by atoms with van der Waals surface area (Å²) in [7, 11) is -2.20. The van der Waals surface area contributed by atoms with E-state index in [4.69, 9.17) is 16.3 Å². The van der Waals surface area contributed by atoms with E-state index in [0.717, 1.165) is 18.1 Å². The molecule has 0 saturated heterocycles. The minimum atomic E-state index is -3.67. The van der Waals surface area contributed by atoms with E-state index in [2.05, 4.69) is 25.3 Å². The number of nitrogens with one attached hydrogen (secondary N) is 3. The van der Waals surface area contributed by atoms with Crippen molar-refractivity contribution in [1.29, 1.82) is 0 Å². The summed E-state index contributed by atoms with van der Waals surface area (Å²) < 4.78 is 32.1. The van der Waals surface area contributed by atoms with Gasteiger partial charge < -0.3 is 15.4 Å². The zero-order valence-corrected chi connectivity index (χ0v) is 16.4. The second-order valence-corrected chi connectivity index (χ2v) is 7.54. The normalized spacial score (nSPS) is 11.2. The van der Waals surface area contributed by atoms with Crippen LogP contribution in [0.5, 0.6) is 5.75 Å². The Morgan fingerprint density at radius 3 is 2.58 bits per heavy atom. The van der Waals surface area contributed by atoms with Gasteiger partial charge in [-0.3, -0.25) is 0 Å². The number of ether oxygens (including phenoxy) is 1. The van der Waals surface area contributed by atoms with Gasteiger partial charge in [0.25, 0.3) is 0 Å². The van der Waals surface area contributed by atoms with Gasteiger partial charge in [-0.1, -0.05) is 11.6 Å². The fraction of sp³-hybridized carbons (Fsp3) is 0.375. The number of hydrogen-bond acceptors (Lipinski definition) is 7. The van der Waals surface area contributed by atoms with Crippen molar-refractivity contribution in [1.82, 2.24) is 14.7 Å². The van der Waals surface area contributed by atoms with Gasteiger partial charge in [-0.05, 0) is 32.0 Å². The summed E-state index contributed by atoms with van der Waals surface area (Å²) in [4.78, 5) is 8.65. The third-order valence-electron chi connectivity index (χ3n) is 3.35. The molecule has 0 bridgehead atoms. The van der Waals surface area contributed by atoms with Gasteiger partial charge in [-0.25, -0.2) is 18.1 Å². The van der Waals surface area contributed by atoms with Crippen LogP contribution in [0, 0.1) is 6.92 Å². The minimum Gasteiger partial charge on any atom is -0.495 e. The summed E-state index contributed by atoms with van der Waals surface area (Å²) in [5, 5.41) is 6.35. The van der Waals surface area contributed by atoms with Crippen molar-refractivity contribution in [3.8, 4) is 5.75 Å². The molecular weight excluding hydrogens is 378 g/mol. The fourth-order valence-electron chi connectivity index (χ4n) is 2.18. The lowest BCUT2D eigenvalue weighted by atomic mass is 10.3. The summed E-state index contributed by atoms with van der Waals surface area (Å²) in [6.07, 6.45) is 0. The van der Waals surface area contributed by atoms with Crippen LogP contribution in [-0.4, -0.2) is 45.1 Å². The largest absolute Gasteiger partial charge is 0.495 e. The first kappa shape index (κ1) is 20.2. The highest BCUT2D eigenvalue weighted by molar-refractivity contribution is 7.89. The van der Waals surface area contributed by atoms with Crippen molar-refractivity contribution in [2.24, 2.45) is 0 Å². The average Bonchev–Trinajstić information content (AvgIpc) is 2.58. The zero-order valence-electron chi connectivity index (χ0n) is 14.8. The first-order valence-corrected chi connectivity index (χ1v) is 9.88. The molecule has 8 nitrogen and oxygen atoms in total. The lowest BCUT2D eigenvalue weighted by Gasteiger charge is -2.11. The molecule has 0 fully saturated rings. The molecule has 0 atom stereocenters. The quantitative estimate of drug-likeness (QED) is 0.555. The van der Waals surface area contributed by atoms with Crippen LogP contribution >= 0.6 is 11.6 Å². The summed E-state index contributed by atoms with van der Waals surface area (Å²) in [6.45, 7) is 5.09. The predicted molar refractivity (Wildman–Crippen MR) is 103 cm³/mol. The average molecular weight is 400 g/mol. The van der Waals surface area contributed by atoms with Crippen molar-refractivity contribution in [2.45, 2.75) is 18.7 Å². The van der Waals surface area contributed by atoms with Crippen LogP contribution in [0.25, 0.3) is 0 Å². The van der Waals surface area contributed by atoms with Crippen LogP contribution in [0.15, 0.2) is 29.2 Å². The first-order chi connectivity index (χ1) is 12.4. The van der Waals surface area contributed by atoms with Crippen molar-refractivity contribution in [3.05, 3.63) is 35.0 Å². The van der Waals surface area contributed by atoms with Gasteiger partial charge in [0.05, 0.1) is 17.0 Å². The van der Waals surface area contributed by atoms with Crippen LogP contribution in [0.2, 0.25) is 5.02 Å². The molecule has 2 rings (SSSR count). The van der Waals surface area contributed by atoms with Crippen LogP contribution in [0.3, 0.4) is 0 Å². The van der Waals surface area contributed by atoms with Gasteiger partial charge in [-0.2, -0.15) is 4.98 Å². The maximum Gasteiger partial charge on any atom is 0.240 e. The van der Waals surface area contributed by atoms with E-state index in [9.17, 15) is 8.42 Å². The molecule has 3 N–H and O–H groups in total. The van der Waals surface area contributed by atoms with Crippen LogP contribution in [-0.2, 0) is 10.0 Å². The molecule has 0 radical (unpaired) electrons. The smallest absolute Gasteiger partial charge is 0.240 e. The number of halogens is 1. The molecule has 0 aliphatic heterocycles. The molecule has 0 unspecified atom stereocenters. The highest BCUT2D eigenvalue weighted by atomic mass is 35.5. The number of sulfonamides is 1. The standard InChI is InChI=1S/C16H22ClN5O3S/c1-4-18-15-9-11(2)21-16(22-15)19-7-8-20-26(23,24)12-5-6-14(25-3)13(17)10-12/h5-6,9-10,20H,4,7-8H2,1-3H3,(H2,18,19,21,22). The molecule has 0 aliphatic rings. The summed E-state index contributed by atoms with van der Waals surface area (Å²) in [5.74, 6) is 1.57. The lowest BCUT2D eigenvalue weighted by molar-refractivity contribution is 0.414. The number of benzene rings is 1. The van der Waals surface area contributed by atoms with E-state index >= 15 is 0 Å². The molecular formula is C16H22ClN5O3S. The number of hydrogen-bond donors (Lipinski definition) is 3. The monoisotopic (exact) mass is 399 g/mol. The maximum atomic E-state index is 12.3. The molecule has 26 heavy (non-hydrogen) atoms. The summed E-state index contributed by atoms with van der Waals surface area (Å²) in [5.41, 5.74) is 0.812. The van der Waals surface area contributed by atoms with E-state index in [1.165, 1.54) is 25.3 Å². The summed E-state index contributed by atoms with van der Waals surface area (Å²) in [6, 6.07) is 6.14. The van der Waals surface area contributed by atoms with Crippen LogP contribution in [0.1, 0.15) is 12.6 Å². The van der Waals surface area contributed by atoms with Gasteiger partial charge in [0.15, 0.2) is 0 Å². The van der Waals surface area contributed by atoms with Crippen LogP contribution < -0.4 is 20.1 Å². The molecule has 0 spiro atoms. The van der Waals surface area contributed by atoms with Crippen molar-refractivity contribution < 1.29 is 13.2 Å². The summed E-state index contributed by atoms with van der Waals surface area (Å²) >= 11 is 5.98. The Labute approximate surface area is 158 Å². The number of rotatable bonds is 9. The number of aromatic nitrogens is 2. The Morgan fingerprint density at radius 2 is 1.92 bits per heavy atom. The second kappa shape index (κ2) is 9.02. The van der Waals surface area contributed by atoms with Gasteiger partial charge in [0, 0.05) is 31.4 Å². The molecule has 0 saturated carbocycles. The van der Waals surface area contributed by atoms with Gasteiger partial charge in [0.2, 0.25) is 16.0 Å². The predicted octanol–water partition coefficient (Wildman–Crippen LogP) is 2.27. The van der Waals surface area contributed by atoms with Gasteiger partial charge >= 0.3 is 0 Å². The van der Waals surface area contributed by atoms with Crippen LogP contribution in [0.4, 0.5) is 11.8 Å². The third-order valence-corrected chi connectivity index (χ3v) is 5.10. The molecule has 0 amide bonds. The van der Waals surface area contributed by atoms with E-state index in [1.807, 2.05) is 19.9 Å². The Balaban J connectivity index is 1.94. The first-order valence-electron chi connectivity index (χ1n) is 8.02. The maximum absolute atomic E-state index is 12.3. The number of aryl methyl sites for hydroxylation is 1. The number of methoxy groups -OCH3 is 1. The topological polar surface area (TPSA) is 105 Å². The Morgan fingerprint density at radius 1 is 1.15 bits per heavy atom. The molecule has 1 heterocycles. The second-order valence-electron chi connectivity index (χ2n) is 5.37. The Bertz CT molecular complexity index is 861. The highest BCUT2D eigenvalue weighted by Crippen LogP contribution is 2.26.